The number of rotatable bonds is 4. The van der Waals surface area contributed by atoms with E-state index >= 15 is 0 Å². The summed E-state index contributed by atoms with van der Waals surface area (Å²) < 4.78 is 0. The van der Waals surface area contributed by atoms with Crippen LogP contribution in [0.4, 0.5) is 0 Å². The third-order valence-corrected chi connectivity index (χ3v) is 5.27. The molecular formula is C17H28N2. The minimum atomic E-state index is 0.160. The molecule has 2 heteroatoms. The molecule has 1 aromatic carbocycles. The number of nitrogens with two attached hydrogens (primary N) is 1. The SMILES string of the molecule is CNCC1(C(N)c2c(C)c(C)cc(C)c2C)CCC1. The molecule has 2 nitrogen and oxygen atoms in total. The van der Waals surface area contributed by atoms with Crippen molar-refractivity contribution in [1.82, 2.24) is 5.32 Å². The Bertz CT molecular complexity index is 446. The average molecular weight is 260 g/mol. The predicted octanol–water partition coefficient (Wildman–Crippen LogP) is 3.31. The van der Waals surface area contributed by atoms with Gasteiger partial charge in [0.05, 0.1) is 0 Å². The highest BCUT2D eigenvalue weighted by Crippen LogP contribution is 2.50. The zero-order chi connectivity index (χ0) is 14.2. The highest BCUT2D eigenvalue weighted by molar-refractivity contribution is 5.46. The summed E-state index contributed by atoms with van der Waals surface area (Å²) in [7, 11) is 2.04. The summed E-state index contributed by atoms with van der Waals surface area (Å²) in [6, 6.07) is 2.44. The molecule has 106 valence electrons. The van der Waals surface area contributed by atoms with Crippen molar-refractivity contribution in [2.45, 2.75) is 53.0 Å². The molecule has 0 aliphatic heterocycles. The molecule has 19 heavy (non-hydrogen) atoms. The van der Waals surface area contributed by atoms with Crippen LogP contribution < -0.4 is 11.1 Å². The number of nitrogens with one attached hydrogen (secondary N) is 1. The van der Waals surface area contributed by atoms with E-state index in [-0.39, 0.29) is 11.5 Å². The van der Waals surface area contributed by atoms with Gasteiger partial charge >= 0.3 is 0 Å². The van der Waals surface area contributed by atoms with Gasteiger partial charge in [-0.1, -0.05) is 12.5 Å². The predicted molar refractivity (Wildman–Crippen MR) is 82.5 cm³/mol. The highest BCUT2D eigenvalue weighted by atomic mass is 14.9. The fraction of sp³-hybridized carbons (Fsp3) is 0.647. The third-order valence-electron chi connectivity index (χ3n) is 5.27. The Balaban J connectivity index is 2.46. The summed E-state index contributed by atoms with van der Waals surface area (Å²) in [5, 5.41) is 3.35. The van der Waals surface area contributed by atoms with Gasteiger partial charge in [0.15, 0.2) is 0 Å². The Morgan fingerprint density at radius 2 is 1.68 bits per heavy atom. The highest BCUT2D eigenvalue weighted by Gasteiger charge is 2.43. The molecule has 1 fully saturated rings. The Morgan fingerprint density at radius 1 is 1.16 bits per heavy atom. The van der Waals surface area contributed by atoms with E-state index in [0.29, 0.717) is 0 Å². The molecular weight excluding hydrogens is 232 g/mol. The largest absolute Gasteiger partial charge is 0.323 e. The second kappa shape index (κ2) is 5.26. The van der Waals surface area contributed by atoms with E-state index < -0.39 is 0 Å². The molecule has 1 unspecified atom stereocenters. The van der Waals surface area contributed by atoms with Gasteiger partial charge in [-0.3, -0.25) is 0 Å². The zero-order valence-corrected chi connectivity index (χ0v) is 13.1. The van der Waals surface area contributed by atoms with E-state index in [1.165, 1.54) is 47.1 Å². The van der Waals surface area contributed by atoms with Crippen LogP contribution >= 0.6 is 0 Å². The van der Waals surface area contributed by atoms with Gasteiger partial charge in [-0.25, -0.2) is 0 Å². The first-order valence-corrected chi connectivity index (χ1v) is 7.40. The van der Waals surface area contributed by atoms with Gasteiger partial charge in [0.1, 0.15) is 0 Å². The summed E-state index contributed by atoms with van der Waals surface area (Å²) >= 11 is 0. The fourth-order valence-corrected chi connectivity index (χ4v) is 3.60. The molecule has 1 atom stereocenters. The third kappa shape index (κ3) is 2.32. The first-order valence-electron chi connectivity index (χ1n) is 7.40. The second-order valence-electron chi connectivity index (χ2n) is 6.40. The summed E-state index contributed by atoms with van der Waals surface area (Å²) in [4.78, 5) is 0. The van der Waals surface area contributed by atoms with E-state index in [1.807, 2.05) is 7.05 Å². The Hall–Kier alpha value is -0.860. The van der Waals surface area contributed by atoms with Crippen molar-refractivity contribution in [2.24, 2.45) is 11.1 Å². The normalized spacial score (nSPS) is 19.1. The molecule has 1 aliphatic rings. The molecule has 3 N–H and O–H groups in total. The van der Waals surface area contributed by atoms with Crippen LogP contribution in [-0.4, -0.2) is 13.6 Å². The van der Waals surface area contributed by atoms with Gasteiger partial charge in [-0.05, 0) is 75.4 Å². The molecule has 0 spiro atoms. The molecule has 2 rings (SSSR count). The lowest BCUT2D eigenvalue weighted by Crippen LogP contribution is -2.47. The first kappa shape index (κ1) is 14.5. The number of hydrogen-bond donors (Lipinski definition) is 2. The molecule has 1 saturated carbocycles. The topological polar surface area (TPSA) is 38.0 Å². The van der Waals surface area contributed by atoms with Crippen molar-refractivity contribution in [1.29, 1.82) is 0 Å². The molecule has 1 aromatic rings. The molecule has 1 aliphatic carbocycles. The van der Waals surface area contributed by atoms with Crippen molar-refractivity contribution in [3.63, 3.8) is 0 Å². The number of hydrogen-bond acceptors (Lipinski definition) is 2. The Labute approximate surface area is 117 Å². The van der Waals surface area contributed by atoms with Gasteiger partial charge in [0, 0.05) is 18.0 Å². The van der Waals surface area contributed by atoms with E-state index in [2.05, 4.69) is 39.1 Å². The monoisotopic (exact) mass is 260 g/mol. The maximum atomic E-state index is 6.72. The molecule has 0 radical (unpaired) electrons. The Morgan fingerprint density at radius 3 is 2.05 bits per heavy atom. The molecule has 0 saturated heterocycles. The lowest BCUT2D eigenvalue weighted by Gasteiger charge is -2.47. The van der Waals surface area contributed by atoms with E-state index in [9.17, 15) is 0 Å². The van der Waals surface area contributed by atoms with Crippen molar-refractivity contribution in [2.75, 3.05) is 13.6 Å². The van der Waals surface area contributed by atoms with E-state index in [4.69, 9.17) is 5.73 Å². The van der Waals surface area contributed by atoms with Crippen LogP contribution in [0.2, 0.25) is 0 Å². The lowest BCUT2D eigenvalue weighted by atomic mass is 9.61. The molecule has 0 bridgehead atoms. The first-order chi connectivity index (χ1) is 8.93. The van der Waals surface area contributed by atoms with Crippen LogP contribution in [0.5, 0.6) is 0 Å². The van der Waals surface area contributed by atoms with Crippen LogP contribution in [-0.2, 0) is 0 Å². The maximum absolute atomic E-state index is 6.72. The van der Waals surface area contributed by atoms with Crippen LogP contribution in [0, 0.1) is 33.1 Å². The number of aryl methyl sites for hydroxylation is 2. The lowest BCUT2D eigenvalue weighted by molar-refractivity contribution is 0.0941. The number of benzene rings is 1. The van der Waals surface area contributed by atoms with E-state index in [0.717, 1.165) is 6.54 Å². The summed E-state index contributed by atoms with van der Waals surface area (Å²) in [6.07, 6.45) is 3.82. The minimum absolute atomic E-state index is 0.160. The Kier molecular flexibility index (Phi) is 4.03. The van der Waals surface area contributed by atoms with Gasteiger partial charge in [-0.2, -0.15) is 0 Å². The average Bonchev–Trinajstić information content (AvgIpc) is 2.31. The van der Waals surface area contributed by atoms with Gasteiger partial charge in [0.2, 0.25) is 0 Å². The smallest absolute Gasteiger partial charge is 0.0369 e. The van der Waals surface area contributed by atoms with Crippen molar-refractivity contribution in [3.05, 3.63) is 33.9 Å². The summed E-state index contributed by atoms with van der Waals surface area (Å²) in [6.45, 7) is 9.87. The van der Waals surface area contributed by atoms with E-state index in [1.54, 1.807) is 0 Å². The zero-order valence-electron chi connectivity index (χ0n) is 13.1. The summed E-state index contributed by atoms with van der Waals surface area (Å²) in [5.41, 5.74) is 13.9. The standard InChI is InChI=1S/C17H28N2/c1-11-9-12(2)14(4)15(13(11)3)16(18)17(10-19-5)7-6-8-17/h9,16,19H,6-8,10,18H2,1-5H3. The summed E-state index contributed by atoms with van der Waals surface area (Å²) in [5.74, 6) is 0. The molecule has 0 heterocycles. The minimum Gasteiger partial charge on any atom is -0.323 e. The van der Waals surface area contributed by atoms with Gasteiger partial charge in [-0.15, -0.1) is 0 Å². The van der Waals surface area contributed by atoms with Crippen molar-refractivity contribution < 1.29 is 0 Å². The van der Waals surface area contributed by atoms with Crippen LogP contribution in [0.15, 0.2) is 6.07 Å². The fourth-order valence-electron chi connectivity index (χ4n) is 3.60. The van der Waals surface area contributed by atoms with Gasteiger partial charge < -0.3 is 11.1 Å². The van der Waals surface area contributed by atoms with Crippen molar-refractivity contribution >= 4 is 0 Å². The van der Waals surface area contributed by atoms with Crippen LogP contribution in [0.25, 0.3) is 0 Å². The van der Waals surface area contributed by atoms with Crippen LogP contribution in [0.3, 0.4) is 0 Å². The second-order valence-corrected chi connectivity index (χ2v) is 6.40. The van der Waals surface area contributed by atoms with Crippen LogP contribution in [0.1, 0.15) is 53.1 Å². The molecule has 0 amide bonds. The van der Waals surface area contributed by atoms with Gasteiger partial charge in [0.25, 0.3) is 0 Å². The van der Waals surface area contributed by atoms with Crippen molar-refractivity contribution in [3.8, 4) is 0 Å². The maximum Gasteiger partial charge on any atom is 0.0369 e. The molecule has 0 aromatic heterocycles. The quantitative estimate of drug-likeness (QED) is 0.871.